The van der Waals surface area contributed by atoms with Gasteiger partial charge in [0.05, 0.1) is 12.7 Å². The van der Waals surface area contributed by atoms with Gasteiger partial charge in [0, 0.05) is 6.54 Å². The number of halogens is 2. The maximum Gasteiger partial charge on any atom is 0.208 e. The third-order valence-electron chi connectivity index (χ3n) is 3.93. The molecule has 3 nitrogen and oxygen atoms in total. The molecule has 0 radical (unpaired) electrons. The lowest BCUT2D eigenvalue weighted by Crippen LogP contribution is -2.34. The highest BCUT2D eigenvalue weighted by atomic mass is 19.1. The van der Waals surface area contributed by atoms with E-state index in [4.69, 9.17) is 4.42 Å². The predicted molar refractivity (Wildman–Crippen MR) is 74.9 cm³/mol. The van der Waals surface area contributed by atoms with Gasteiger partial charge in [-0.15, -0.1) is 0 Å². The molecule has 0 aliphatic carbocycles. The van der Waals surface area contributed by atoms with E-state index in [1.807, 2.05) is 6.92 Å². The summed E-state index contributed by atoms with van der Waals surface area (Å²) in [7, 11) is 0. The van der Waals surface area contributed by atoms with E-state index < -0.39 is 0 Å². The Kier molecular flexibility index (Phi) is 4.01. The molecule has 3 rings (SSSR count). The molecule has 0 N–H and O–H groups in total. The quantitative estimate of drug-likeness (QED) is 0.865. The van der Waals surface area contributed by atoms with Crippen LogP contribution in [-0.2, 0) is 6.54 Å². The minimum Gasteiger partial charge on any atom is -0.445 e. The maximum atomic E-state index is 13.9. The van der Waals surface area contributed by atoms with Crippen LogP contribution in [0, 0.1) is 18.6 Å². The molecule has 0 amide bonds. The average molecular weight is 292 g/mol. The third-order valence-corrected chi connectivity index (χ3v) is 3.93. The van der Waals surface area contributed by atoms with Crippen molar-refractivity contribution in [3.05, 3.63) is 53.2 Å². The van der Waals surface area contributed by atoms with Gasteiger partial charge in [-0.3, -0.25) is 4.90 Å². The number of likely N-dealkylation sites (tertiary alicyclic amines) is 1. The van der Waals surface area contributed by atoms with Crippen LogP contribution in [0.2, 0.25) is 0 Å². The van der Waals surface area contributed by atoms with Gasteiger partial charge in [-0.2, -0.15) is 0 Å². The number of hydrogen-bond acceptors (Lipinski definition) is 3. The summed E-state index contributed by atoms with van der Waals surface area (Å²) < 4.78 is 32.7. The van der Waals surface area contributed by atoms with Crippen molar-refractivity contribution in [2.24, 2.45) is 0 Å². The van der Waals surface area contributed by atoms with Crippen LogP contribution in [0.15, 0.2) is 28.8 Å². The van der Waals surface area contributed by atoms with E-state index in [-0.39, 0.29) is 17.6 Å². The number of hydrogen-bond donors (Lipinski definition) is 0. The van der Waals surface area contributed by atoms with Gasteiger partial charge in [-0.25, -0.2) is 13.8 Å². The van der Waals surface area contributed by atoms with E-state index in [1.54, 1.807) is 6.20 Å². The summed E-state index contributed by atoms with van der Waals surface area (Å²) in [4.78, 5) is 6.38. The molecule has 1 fully saturated rings. The number of rotatable bonds is 3. The lowest BCUT2D eigenvalue weighted by molar-refractivity contribution is 0.181. The fourth-order valence-electron chi connectivity index (χ4n) is 2.95. The van der Waals surface area contributed by atoms with Crippen molar-refractivity contribution in [2.45, 2.75) is 32.2 Å². The molecule has 112 valence electrons. The second-order valence-corrected chi connectivity index (χ2v) is 5.60. The maximum absolute atomic E-state index is 13.9. The smallest absolute Gasteiger partial charge is 0.208 e. The molecule has 1 atom stereocenters. The molecule has 1 aromatic heterocycles. The Hall–Kier alpha value is -1.75. The predicted octanol–water partition coefficient (Wildman–Crippen LogP) is 3.64. The SMILES string of the molecule is Cc1cnc(CN2CCC[C@H](c3cc(F)ccc3F)C2)o1. The molecule has 2 aromatic rings. The van der Waals surface area contributed by atoms with Crippen molar-refractivity contribution in [1.29, 1.82) is 0 Å². The van der Waals surface area contributed by atoms with Crippen LogP contribution in [0.3, 0.4) is 0 Å². The second kappa shape index (κ2) is 5.93. The zero-order valence-electron chi connectivity index (χ0n) is 12.0. The molecule has 1 saturated heterocycles. The molecule has 0 saturated carbocycles. The van der Waals surface area contributed by atoms with Gasteiger partial charge in [0.2, 0.25) is 5.89 Å². The fraction of sp³-hybridized carbons (Fsp3) is 0.438. The van der Waals surface area contributed by atoms with Crippen molar-refractivity contribution in [3.8, 4) is 0 Å². The summed E-state index contributed by atoms with van der Waals surface area (Å²) in [6.45, 7) is 4.09. The first kappa shape index (κ1) is 14.2. The van der Waals surface area contributed by atoms with E-state index in [1.165, 1.54) is 12.1 Å². The second-order valence-electron chi connectivity index (χ2n) is 5.60. The van der Waals surface area contributed by atoms with Gasteiger partial charge >= 0.3 is 0 Å². The number of piperidine rings is 1. The average Bonchev–Trinajstić information content (AvgIpc) is 2.87. The first-order valence-electron chi connectivity index (χ1n) is 7.20. The Morgan fingerprint density at radius 2 is 2.24 bits per heavy atom. The summed E-state index contributed by atoms with van der Waals surface area (Å²) in [5.41, 5.74) is 0.475. The van der Waals surface area contributed by atoms with E-state index in [2.05, 4.69) is 9.88 Å². The van der Waals surface area contributed by atoms with Crippen LogP contribution in [0.4, 0.5) is 8.78 Å². The molecule has 1 aromatic carbocycles. The van der Waals surface area contributed by atoms with Gasteiger partial charge in [0.1, 0.15) is 17.4 Å². The van der Waals surface area contributed by atoms with Gasteiger partial charge in [-0.1, -0.05) is 0 Å². The van der Waals surface area contributed by atoms with Crippen molar-refractivity contribution >= 4 is 0 Å². The standard InChI is InChI=1S/C16H18F2N2O/c1-11-8-19-16(21-11)10-20-6-2-3-12(9-20)14-7-13(17)4-5-15(14)18/h4-5,7-8,12H,2-3,6,9-10H2,1H3/t12-/m0/s1. The Morgan fingerprint density at radius 1 is 1.38 bits per heavy atom. The zero-order valence-corrected chi connectivity index (χ0v) is 12.0. The van der Waals surface area contributed by atoms with Crippen molar-refractivity contribution in [3.63, 3.8) is 0 Å². The van der Waals surface area contributed by atoms with Crippen molar-refractivity contribution in [1.82, 2.24) is 9.88 Å². The summed E-state index contributed by atoms with van der Waals surface area (Å²) in [5, 5.41) is 0. The van der Waals surface area contributed by atoms with Crippen LogP contribution in [-0.4, -0.2) is 23.0 Å². The lowest BCUT2D eigenvalue weighted by Gasteiger charge is -2.32. The molecule has 0 unspecified atom stereocenters. The monoisotopic (exact) mass is 292 g/mol. The molecule has 21 heavy (non-hydrogen) atoms. The lowest BCUT2D eigenvalue weighted by atomic mass is 9.90. The fourth-order valence-corrected chi connectivity index (χ4v) is 2.95. The number of aryl methyl sites for hydroxylation is 1. The molecule has 2 heterocycles. The largest absolute Gasteiger partial charge is 0.445 e. The molecular formula is C16H18F2N2O. The molecule has 0 bridgehead atoms. The number of oxazole rings is 1. The molecular weight excluding hydrogens is 274 g/mol. The molecule has 1 aliphatic rings. The Bertz CT molecular complexity index is 626. The van der Waals surface area contributed by atoms with Crippen LogP contribution >= 0.6 is 0 Å². The first-order valence-corrected chi connectivity index (χ1v) is 7.20. The van der Waals surface area contributed by atoms with Gasteiger partial charge in [0.15, 0.2) is 0 Å². The van der Waals surface area contributed by atoms with E-state index in [0.717, 1.165) is 31.2 Å². The van der Waals surface area contributed by atoms with Crippen LogP contribution < -0.4 is 0 Å². The normalized spacial score (nSPS) is 19.9. The first-order chi connectivity index (χ1) is 10.1. The zero-order chi connectivity index (χ0) is 14.8. The van der Waals surface area contributed by atoms with Crippen molar-refractivity contribution < 1.29 is 13.2 Å². The highest BCUT2D eigenvalue weighted by Crippen LogP contribution is 2.29. The number of nitrogens with zero attached hydrogens (tertiary/aromatic N) is 2. The highest BCUT2D eigenvalue weighted by molar-refractivity contribution is 5.23. The molecule has 5 heteroatoms. The molecule has 0 spiro atoms. The minimum atomic E-state index is -0.383. The number of aromatic nitrogens is 1. The summed E-state index contributed by atoms with van der Waals surface area (Å²) in [5.74, 6) is 0.773. The van der Waals surface area contributed by atoms with Crippen molar-refractivity contribution in [2.75, 3.05) is 13.1 Å². The summed E-state index contributed by atoms with van der Waals surface area (Å²) in [6, 6.07) is 3.69. The Morgan fingerprint density at radius 3 is 3.00 bits per heavy atom. The molecule has 1 aliphatic heterocycles. The topological polar surface area (TPSA) is 29.3 Å². The van der Waals surface area contributed by atoms with Crippen LogP contribution in [0.5, 0.6) is 0 Å². The third kappa shape index (κ3) is 3.29. The van der Waals surface area contributed by atoms with Crippen LogP contribution in [0.1, 0.15) is 36.0 Å². The summed E-state index contributed by atoms with van der Waals surface area (Å²) in [6.07, 6.45) is 3.53. The van der Waals surface area contributed by atoms with E-state index in [0.29, 0.717) is 24.5 Å². The highest BCUT2D eigenvalue weighted by Gasteiger charge is 2.24. The van der Waals surface area contributed by atoms with E-state index in [9.17, 15) is 8.78 Å². The van der Waals surface area contributed by atoms with Gasteiger partial charge in [0.25, 0.3) is 0 Å². The minimum absolute atomic E-state index is 0.0190. The number of benzene rings is 1. The van der Waals surface area contributed by atoms with Gasteiger partial charge < -0.3 is 4.42 Å². The Balaban J connectivity index is 1.72. The van der Waals surface area contributed by atoms with E-state index >= 15 is 0 Å². The summed E-state index contributed by atoms with van der Waals surface area (Å²) >= 11 is 0. The Labute approximate surface area is 122 Å². The van der Waals surface area contributed by atoms with Gasteiger partial charge in [-0.05, 0) is 56.0 Å². The van der Waals surface area contributed by atoms with Crippen LogP contribution in [0.25, 0.3) is 0 Å².